The minimum atomic E-state index is -0.239. The average molecular weight is 319 g/mol. The van der Waals surface area contributed by atoms with Gasteiger partial charge in [-0.05, 0) is 24.6 Å². The van der Waals surface area contributed by atoms with E-state index in [1.54, 1.807) is 12.1 Å². The van der Waals surface area contributed by atoms with Gasteiger partial charge in [0, 0.05) is 5.56 Å². The molecule has 1 heterocycles. The molecule has 7 heteroatoms. The summed E-state index contributed by atoms with van der Waals surface area (Å²) in [4.78, 5) is 12.3. The number of nitrogens with one attached hydrogen (secondary N) is 2. The lowest BCUT2D eigenvalue weighted by atomic mass is 10.1. The summed E-state index contributed by atoms with van der Waals surface area (Å²) in [6, 6.07) is 5.15. The maximum Gasteiger partial charge on any atom is 0.251 e. The van der Waals surface area contributed by atoms with Crippen LogP contribution in [0.4, 0.5) is 0 Å². The molecule has 124 valence electrons. The zero-order valence-electron chi connectivity index (χ0n) is 13.7. The number of hydrogen-bond acceptors (Lipinski definition) is 5. The monoisotopic (exact) mass is 319 g/mol. The minimum Gasteiger partial charge on any atom is -0.493 e. The minimum absolute atomic E-state index is 0.239. The first-order chi connectivity index (χ1) is 11.1. The van der Waals surface area contributed by atoms with Crippen LogP contribution < -0.4 is 19.5 Å². The van der Waals surface area contributed by atoms with Crippen LogP contribution in [0.5, 0.6) is 17.2 Å². The number of benzene rings is 1. The standard InChI is InChI=1S/C16H21N3O4/c1-5-11-8-12(19-18-11)9-17-16(20)10-6-13(21-2)15(23-4)14(7-10)22-3/h6-8H,5,9H2,1-4H3,(H,17,20)(H,18,19). The van der Waals surface area contributed by atoms with Crippen LogP contribution in [-0.2, 0) is 13.0 Å². The summed E-state index contributed by atoms with van der Waals surface area (Å²) in [6.07, 6.45) is 0.845. The van der Waals surface area contributed by atoms with E-state index in [0.29, 0.717) is 29.4 Å². The van der Waals surface area contributed by atoms with E-state index in [1.807, 2.05) is 13.0 Å². The number of carbonyl (C=O) groups excluding carboxylic acids is 1. The lowest BCUT2D eigenvalue weighted by molar-refractivity contribution is 0.0949. The highest BCUT2D eigenvalue weighted by Crippen LogP contribution is 2.38. The van der Waals surface area contributed by atoms with Crippen LogP contribution in [0.15, 0.2) is 18.2 Å². The highest BCUT2D eigenvalue weighted by molar-refractivity contribution is 5.95. The normalized spacial score (nSPS) is 10.3. The van der Waals surface area contributed by atoms with Gasteiger partial charge in [0.25, 0.3) is 5.91 Å². The summed E-state index contributed by atoms with van der Waals surface area (Å²) in [5.74, 6) is 1.09. The maximum absolute atomic E-state index is 12.3. The number of methoxy groups -OCH3 is 3. The second kappa shape index (κ2) is 7.53. The van der Waals surface area contributed by atoms with Crippen LogP contribution in [0, 0.1) is 0 Å². The van der Waals surface area contributed by atoms with Crippen molar-refractivity contribution in [1.82, 2.24) is 15.5 Å². The average Bonchev–Trinajstić information content (AvgIpc) is 3.06. The molecule has 7 nitrogen and oxygen atoms in total. The molecule has 0 atom stereocenters. The molecule has 0 saturated heterocycles. The van der Waals surface area contributed by atoms with Gasteiger partial charge in [-0.1, -0.05) is 6.92 Å². The quantitative estimate of drug-likeness (QED) is 0.814. The number of ether oxygens (including phenoxy) is 3. The number of hydrogen-bond donors (Lipinski definition) is 2. The van der Waals surface area contributed by atoms with Crippen LogP contribution in [0.2, 0.25) is 0 Å². The molecule has 1 aromatic carbocycles. The second-order valence-electron chi connectivity index (χ2n) is 4.83. The van der Waals surface area contributed by atoms with E-state index in [9.17, 15) is 4.79 Å². The maximum atomic E-state index is 12.3. The Kier molecular flexibility index (Phi) is 5.46. The summed E-state index contributed by atoms with van der Waals surface area (Å²) in [6.45, 7) is 2.39. The van der Waals surface area contributed by atoms with E-state index in [0.717, 1.165) is 17.8 Å². The molecule has 0 spiro atoms. The predicted octanol–water partition coefficient (Wildman–Crippen LogP) is 1.93. The van der Waals surface area contributed by atoms with Crippen molar-refractivity contribution in [3.63, 3.8) is 0 Å². The van der Waals surface area contributed by atoms with Crippen molar-refractivity contribution in [3.8, 4) is 17.2 Å². The van der Waals surface area contributed by atoms with Crippen molar-refractivity contribution >= 4 is 5.91 Å². The Balaban J connectivity index is 2.15. The summed E-state index contributed by atoms with van der Waals surface area (Å²) < 4.78 is 15.7. The summed E-state index contributed by atoms with van der Waals surface area (Å²) >= 11 is 0. The van der Waals surface area contributed by atoms with Crippen LogP contribution in [-0.4, -0.2) is 37.4 Å². The SMILES string of the molecule is CCc1cc(CNC(=O)c2cc(OC)c(OC)c(OC)c2)[nH]n1. The summed E-state index contributed by atoms with van der Waals surface area (Å²) in [7, 11) is 4.54. The van der Waals surface area contributed by atoms with E-state index in [-0.39, 0.29) is 5.91 Å². The second-order valence-corrected chi connectivity index (χ2v) is 4.83. The van der Waals surface area contributed by atoms with Crippen molar-refractivity contribution in [2.24, 2.45) is 0 Å². The highest BCUT2D eigenvalue weighted by atomic mass is 16.5. The van der Waals surface area contributed by atoms with Gasteiger partial charge in [0.1, 0.15) is 0 Å². The Bertz CT molecular complexity index is 657. The van der Waals surface area contributed by atoms with E-state index in [1.165, 1.54) is 21.3 Å². The Morgan fingerprint density at radius 2 is 1.78 bits per heavy atom. The first-order valence-corrected chi connectivity index (χ1v) is 7.24. The van der Waals surface area contributed by atoms with Crippen LogP contribution in [0.25, 0.3) is 0 Å². The number of aryl methyl sites for hydroxylation is 1. The Hall–Kier alpha value is -2.70. The number of carbonyl (C=O) groups is 1. The molecule has 0 fully saturated rings. The zero-order valence-corrected chi connectivity index (χ0v) is 13.7. The van der Waals surface area contributed by atoms with Gasteiger partial charge in [-0.15, -0.1) is 0 Å². The third kappa shape index (κ3) is 3.74. The lowest BCUT2D eigenvalue weighted by Crippen LogP contribution is -2.23. The number of nitrogens with zero attached hydrogens (tertiary/aromatic N) is 1. The number of H-pyrrole nitrogens is 1. The zero-order chi connectivity index (χ0) is 16.8. The van der Waals surface area contributed by atoms with E-state index >= 15 is 0 Å². The molecule has 1 aromatic heterocycles. The molecule has 0 saturated carbocycles. The molecule has 0 aliphatic heterocycles. The number of aromatic nitrogens is 2. The van der Waals surface area contributed by atoms with Crippen molar-refractivity contribution in [1.29, 1.82) is 0 Å². The van der Waals surface area contributed by atoms with Gasteiger partial charge >= 0.3 is 0 Å². The molecule has 2 rings (SSSR count). The molecule has 2 N–H and O–H groups in total. The lowest BCUT2D eigenvalue weighted by Gasteiger charge is -2.14. The largest absolute Gasteiger partial charge is 0.493 e. The molecule has 23 heavy (non-hydrogen) atoms. The molecule has 2 aromatic rings. The van der Waals surface area contributed by atoms with Crippen molar-refractivity contribution in [2.75, 3.05) is 21.3 Å². The van der Waals surface area contributed by atoms with Gasteiger partial charge in [0.05, 0.1) is 39.3 Å². The van der Waals surface area contributed by atoms with Crippen LogP contribution >= 0.6 is 0 Å². The fourth-order valence-electron chi connectivity index (χ4n) is 2.17. The van der Waals surface area contributed by atoms with Crippen LogP contribution in [0.1, 0.15) is 28.7 Å². The van der Waals surface area contributed by atoms with Crippen molar-refractivity contribution < 1.29 is 19.0 Å². The fraction of sp³-hybridized carbons (Fsp3) is 0.375. The van der Waals surface area contributed by atoms with Gasteiger partial charge < -0.3 is 19.5 Å². The molecule has 0 bridgehead atoms. The first kappa shape index (κ1) is 16.7. The Labute approximate surface area is 134 Å². The van der Waals surface area contributed by atoms with E-state index in [2.05, 4.69) is 15.5 Å². The van der Waals surface area contributed by atoms with Crippen molar-refractivity contribution in [2.45, 2.75) is 19.9 Å². The molecular weight excluding hydrogens is 298 g/mol. The van der Waals surface area contributed by atoms with Gasteiger partial charge in [-0.2, -0.15) is 5.10 Å². The Morgan fingerprint density at radius 1 is 1.13 bits per heavy atom. The van der Waals surface area contributed by atoms with E-state index in [4.69, 9.17) is 14.2 Å². The number of aromatic amines is 1. The van der Waals surface area contributed by atoms with Crippen LogP contribution in [0.3, 0.4) is 0 Å². The molecule has 1 amide bonds. The summed E-state index contributed by atoms with van der Waals surface area (Å²) in [5, 5.41) is 9.85. The van der Waals surface area contributed by atoms with E-state index < -0.39 is 0 Å². The smallest absolute Gasteiger partial charge is 0.251 e. The highest BCUT2D eigenvalue weighted by Gasteiger charge is 2.17. The van der Waals surface area contributed by atoms with Gasteiger partial charge in [0.2, 0.25) is 5.75 Å². The van der Waals surface area contributed by atoms with Gasteiger partial charge in [-0.3, -0.25) is 9.89 Å². The number of rotatable bonds is 7. The molecule has 0 aliphatic carbocycles. The molecule has 0 aliphatic rings. The van der Waals surface area contributed by atoms with Crippen molar-refractivity contribution in [3.05, 3.63) is 35.2 Å². The predicted molar refractivity (Wildman–Crippen MR) is 85.2 cm³/mol. The van der Waals surface area contributed by atoms with Gasteiger partial charge in [-0.25, -0.2) is 0 Å². The fourth-order valence-corrected chi connectivity index (χ4v) is 2.17. The summed E-state index contributed by atoms with van der Waals surface area (Å²) in [5.41, 5.74) is 2.24. The Morgan fingerprint density at radius 3 is 2.26 bits per heavy atom. The number of amides is 1. The first-order valence-electron chi connectivity index (χ1n) is 7.24. The molecular formula is C16H21N3O4. The molecule has 0 unspecified atom stereocenters. The molecule has 0 radical (unpaired) electrons. The topological polar surface area (TPSA) is 85.5 Å². The third-order valence-electron chi connectivity index (χ3n) is 3.41. The van der Waals surface area contributed by atoms with Gasteiger partial charge in [0.15, 0.2) is 11.5 Å². The third-order valence-corrected chi connectivity index (χ3v) is 3.41.